The van der Waals surface area contributed by atoms with Gasteiger partial charge in [-0.05, 0) is 43.9 Å². The smallest absolute Gasteiger partial charge is 0.407 e. The van der Waals surface area contributed by atoms with Crippen molar-refractivity contribution in [1.82, 2.24) is 10.2 Å². The van der Waals surface area contributed by atoms with Crippen LogP contribution < -0.4 is 5.32 Å². The number of benzene rings is 1. The number of likely N-dealkylation sites (tertiary alicyclic amines) is 1. The molecule has 126 valence electrons. The van der Waals surface area contributed by atoms with Gasteiger partial charge < -0.3 is 15.0 Å². The van der Waals surface area contributed by atoms with Gasteiger partial charge in [-0.25, -0.2) is 9.18 Å². The molecule has 5 nitrogen and oxygen atoms in total. The lowest BCUT2D eigenvalue weighted by atomic mass is 10.0. The van der Waals surface area contributed by atoms with Crippen molar-refractivity contribution in [2.75, 3.05) is 19.7 Å². The first-order valence-electron chi connectivity index (χ1n) is 8.04. The Hall–Kier alpha value is -2.11. The number of hydrogen-bond acceptors (Lipinski definition) is 3. The summed E-state index contributed by atoms with van der Waals surface area (Å²) in [6, 6.07) is 6.39. The highest BCUT2D eigenvalue weighted by Crippen LogP contribution is 2.13. The van der Waals surface area contributed by atoms with Gasteiger partial charge in [0, 0.05) is 25.6 Å². The molecule has 1 aromatic rings. The van der Waals surface area contributed by atoms with Crippen LogP contribution in [0.1, 0.15) is 31.7 Å². The lowest BCUT2D eigenvalue weighted by molar-refractivity contribution is -0.132. The summed E-state index contributed by atoms with van der Waals surface area (Å²) in [5.74, 6) is -0.204. The SMILES string of the molecule is CCOC(=O)NC1CCN(C(=O)CCc2cccc(F)c2)CC1. The van der Waals surface area contributed by atoms with Crippen LogP contribution in [0, 0.1) is 5.82 Å². The Kier molecular flexibility index (Phi) is 6.38. The molecule has 0 aliphatic carbocycles. The number of hydrogen-bond donors (Lipinski definition) is 1. The molecule has 0 spiro atoms. The average molecular weight is 322 g/mol. The van der Waals surface area contributed by atoms with E-state index in [1.54, 1.807) is 13.0 Å². The summed E-state index contributed by atoms with van der Waals surface area (Å²) in [7, 11) is 0. The molecule has 6 heteroatoms. The van der Waals surface area contributed by atoms with E-state index in [4.69, 9.17) is 4.74 Å². The first-order chi connectivity index (χ1) is 11.1. The van der Waals surface area contributed by atoms with E-state index in [1.165, 1.54) is 12.1 Å². The maximum atomic E-state index is 13.1. The minimum atomic E-state index is -0.400. The molecule has 0 radical (unpaired) electrons. The monoisotopic (exact) mass is 322 g/mol. The van der Waals surface area contributed by atoms with Gasteiger partial charge in [0.2, 0.25) is 5.91 Å². The second kappa shape index (κ2) is 8.50. The number of rotatable bonds is 5. The maximum Gasteiger partial charge on any atom is 0.407 e. The fourth-order valence-corrected chi connectivity index (χ4v) is 2.71. The molecule has 1 aromatic carbocycles. The van der Waals surface area contributed by atoms with Crippen LogP contribution >= 0.6 is 0 Å². The van der Waals surface area contributed by atoms with Gasteiger partial charge in [-0.15, -0.1) is 0 Å². The van der Waals surface area contributed by atoms with E-state index in [1.807, 2.05) is 11.0 Å². The van der Waals surface area contributed by atoms with Crippen LogP contribution in [0.4, 0.5) is 9.18 Å². The Morgan fingerprint density at radius 3 is 2.74 bits per heavy atom. The Labute approximate surface area is 135 Å². The van der Waals surface area contributed by atoms with Gasteiger partial charge in [0.05, 0.1) is 6.61 Å². The van der Waals surface area contributed by atoms with E-state index in [-0.39, 0.29) is 17.8 Å². The molecule has 0 aromatic heterocycles. The molecule has 0 unspecified atom stereocenters. The summed E-state index contributed by atoms with van der Waals surface area (Å²) < 4.78 is 18.0. The van der Waals surface area contributed by atoms with Crippen molar-refractivity contribution in [3.8, 4) is 0 Å². The number of amides is 2. The third-order valence-electron chi connectivity index (χ3n) is 3.96. The predicted octanol–water partition coefficient (Wildman–Crippen LogP) is 2.50. The molecule has 1 saturated heterocycles. The molecular weight excluding hydrogens is 299 g/mol. The molecule has 1 fully saturated rings. The maximum absolute atomic E-state index is 13.1. The van der Waals surface area contributed by atoms with Gasteiger partial charge >= 0.3 is 6.09 Å². The van der Waals surface area contributed by atoms with Crippen molar-refractivity contribution in [3.63, 3.8) is 0 Å². The van der Waals surface area contributed by atoms with E-state index in [9.17, 15) is 14.0 Å². The first kappa shape index (κ1) is 17.2. The third-order valence-corrected chi connectivity index (χ3v) is 3.96. The Balaban J connectivity index is 1.72. The third kappa shape index (κ3) is 5.54. The molecule has 1 heterocycles. The van der Waals surface area contributed by atoms with Crippen LogP contribution in [0.15, 0.2) is 24.3 Å². The Morgan fingerprint density at radius 1 is 1.35 bits per heavy atom. The van der Waals surface area contributed by atoms with Crippen LogP contribution in [-0.4, -0.2) is 42.6 Å². The molecule has 1 N–H and O–H groups in total. The number of piperidine rings is 1. The first-order valence-corrected chi connectivity index (χ1v) is 8.04. The van der Waals surface area contributed by atoms with Crippen LogP contribution in [0.25, 0.3) is 0 Å². The summed E-state index contributed by atoms with van der Waals surface area (Å²) in [5.41, 5.74) is 0.831. The van der Waals surface area contributed by atoms with Gasteiger partial charge in [-0.3, -0.25) is 4.79 Å². The molecule has 0 atom stereocenters. The van der Waals surface area contributed by atoms with Gasteiger partial charge in [0.25, 0.3) is 0 Å². The number of nitrogens with zero attached hydrogens (tertiary/aromatic N) is 1. The summed E-state index contributed by atoms with van der Waals surface area (Å²) in [6.07, 6.45) is 1.97. The quantitative estimate of drug-likeness (QED) is 0.906. The zero-order valence-electron chi connectivity index (χ0n) is 13.4. The highest BCUT2D eigenvalue weighted by Gasteiger charge is 2.23. The fraction of sp³-hybridized carbons (Fsp3) is 0.529. The van der Waals surface area contributed by atoms with Gasteiger partial charge in [0.15, 0.2) is 0 Å². The number of carbonyl (C=O) groups is 2. The van der Waals surface area contributed by atoms with Gasteiger partial charge in [-0.1, -0.05) is 12.1 Å². The molecule has 2 amide bonds. The molecule has 23 heavy (non-hydrogen) atoms. The van der Waals surface area contributed by atoms with Crippen molar-refractivity contribution < 1.29 is 18.7 Å². The summed E-state index contributed by atoms with van der Waals surface area (Å²) in [5, 5.41) is 2.80. The molecule has 1 aliphatic rings. The normalized spacial score (nSPS) is 15.3. The summed E-state index contributed by atoms with van der Waals surface area (Å²) in [6.45, 7) is 3.36. The van der Waals surface area contributed by atoms with Crippen LogP contribution in [0.5, 0.6) is 0 Å². The molecule has 2 rings (SSSR count). The number of nitrogens with one attached hydrogen (secondary N) is 1. The summed E-state index contributed by atoms with van der Waals surface area (Å²) >= 11 is 0. The molecule has 0 bridgehead atoms. The van der Waals surface area contributed by atoms with Crippen LogP contribution in [-0.2, 0) is 16.0 Å². The van der Waals surface area contributed by atoms with Crippen molar-refractivity contribution in [3.05, 3.63) is 35.6 Å². The van der Waals surface area contributed by atoms with E-state index >= 15 is 0 Å². The summed E-state index contributed by atoms with van der Waals surface area (Å²) in [4.78, 5) is 25.4. The van der Waals surface area contributed by atoms with E-state index in [0.717, 1.165) is 18.4 Å². The van der Waals surface area contributed by atoms with E-state index < -0.39 is 6.09 Å². The van der Waals surface area contributed by atoms with E-state index in [0.29, 0.717) is 32.5 Å². The zero-order valence-corrected chi connectivity index (χ0v) is 13.4. The minimum Gasteiger partial charge on any atom is -0.450 e. The fourth-order valence-electron chi connectivity index (χ4n) is 2.71. The number of halogens is 1. The van der Waals surface area contributed by atoms with Crippen LogP contribution in [0.2, 0.25) is 0 Å². The van der Waals surface area contributed by atoms with Crippen molar-refractivity contribution >= 4 is 12.0 Å². The molecule has 0 saturated carbocycles. The highest BCUT2D eigenvalue weighted by molar-refractivity contribution is 5.76. The predicted molar refractivity (Wildman–Crippen MR) is 84.5 cm³/mol. The second-order valence-corrected chi connectivity index (χ2v) is 5.65. The minimum absolute atomic E-state index is 0.0568. The van der Waals surface area contributed by atoms with Crippen molar-refractivity contribution in [1.29, 1.82) is 0 Å². The van der Waals surface area contributed by atoms with Gasteiger partial charge in [0.1, 0.15) is 5.82 Å². The van der Waals surface area contributed by atoms with Crippen molar-refractivity contribution in [2.24, 2.45) is 0 Å². The largest absolute Gasteiger partial charge is 0.450 e. The lowest BCUT2D eigenvalue weighted by Gasteiger charge is -2.32. The highest BCUT2D eigenvalue weighted by atomic mass is 19.1. The standard InChI is InChI=1S/C17H23FN2O3/c1-2-23-17(22)19-15-8-10-20(11-9-15)16(21)7-6-13-4-3-5-14(18)12-13/h3-5,12,15H,2,6-11H2,1H3,(H,19,22). The van der Waals surface area contributed by atoms with Gasteiger partial charge in [-0.2, -0.15) is 0 Å². The number of aryl methyl sites for hydroxylation is 1. The topological polar surface area (TPSA) is 58.6 Å². The average Bonchev–Trinajstić information content (AvgIpc) is 2.53. The Bertz CT molecular complexity index is 542. The van der Waals surface area contributed by atoms with Crippen molar-refractivity contribution in [2.45, 2.75) is 38.6 Å². The Morgan fingerprint density at radius 2 is 2.09 bits per heavy atom. The zero-order chi connectivity index (χ0) is 16.7. The number of alkyl carbamates (subject to hydrolysis) is 1. The van der Waals surface area contributed by atoms with E-state index in [2.05, 4.69) is 5.32 Å². The second-order valence-electron chi connectivity index (χ2n) is 5.65. The van der Waals surface area contributed by atoms with Crippen LogP contribution in [0.3, 0.4) is 0 Å². The molecule has 1 aliphatic heterocycles. The number of carbonyl (C=O) groups excluding carboxylic acids is 2. The lowest BCUT2D eigenvalue weighted by Crippen LogP contribution is -2.46. The number of ether oxygens (including phenoxy) is 1. The molecular formula is C17H23FN2O3.